The summed E-state index contributed by atoms with van der Waals surface area (Å²) in [6, 6.07) is 6.12. The molecule has 1 N–H and O–H groups in total. The second kappa shape index (κ2) is 5.61. The fraction of sp³-hybridized carbons (Fsp3) is 0.533. The Balaban J connectivity index is 2.04. The summed E-state index contributed by atoms with van der Waals surface area (Å²) in [5.74, 6) is 0.683. The molecule has 1 aliphatic rings. The standard InChI is InChI=1S/C15H23N3O/c1-11(2)8-18-9-12-5-6-14(7-13(12)10-18)16-15(19)17(3)4/h5-7,11H,8-10H2,1-4H3,(H,16,19). The van der Waals surface area contributed by atoms with E-state index >= 15 is 0 Å². The van der Waals surface area contributed by atoms with Gasteiger partial charge >= 0.3 is 6.03 Å². The van der Waals surface area contributed by atoms with Crippen molar-refractivity contribution in [2.24, 2.45) is 5.92 Å². The Labute approximate surface area is 115 Å². The van der Waals surface area contributed by atoms with Crippen molar-refractivity contribution in [1.82, 2.24) is 9.80 Å². The van der Waals surface area contributed by atoms with Gasteiger partial charge in [-0.2, -0.15) is 0 Å². The van der Waals surface area contributed by atoms with Crippen LogP contribution in [0.5, 0.6) is 0 Å². The number of urea groups is 1. The Bertz CT molecular complexity index is 468. The second-order valence-electron chi connectivity index (χ2n) is 5.87. The molecule has 0 saturated carbocycles. The fourth-order valence-electron chi connectivity index (χ4n) is 2.42. The van der Waals surface area contributed by atoms with Gasteiger partial charge in [-0.3, -0.25) is 4.90 Å². The molecule has 4 heteroatoms. The highest BCUT2D eigenvalue weighted by Gasteiger charge is 2.19. The number of anilines is 1. The number of carbonyl (C=O) groups is 1. The Hall–Kier alpha value is -1.55. The predicted octanol–water partition coefficient (Wildman–Crippen LogP) is 2.75. The molecule has 0 fully saturated rings. The Morgan fingerprint density at radius 1 is 1.32 bits per heavy atom. The first kappa shape index (κ1) is 13.9. The number of nitrogens with one attached hydrogen (secondary N) is 1. The smallest absolute Gasteiger partial charge is 0.321 e. The quantitative estimate of drug-likeness (QED) is 0.908. The van der Waals surface area contributed by atoms with E-state index in [4.69, 9.17) is 0 Å². The van der Waals surface area contributed by atoms with Gasteiger partial charge in [-0.1, -0.05) is 19.9 Å². The van der Waals surface area contributed by atoms with Crippen molar-refractivity contribution in [3.05, 3.63) is 29.3 Å². The van der Waals surface area contributed by atoms with Gasteiger partial charge in [-0.25, -0.2) is 4.79 Å². The normalized spacial score (nSPS) is 14.6. The van der Waals surface area contributed by atoms with Crippen LogP contribution in [0.4, 0.5) is 10.5 Å². The van der Waals surface area contributed by atoms with E-state index in [1.54, 1.807) is 14.1 Å². The molecular weight excluding hydrogens is 238 g/mol. The lowest BCUT2D eigenvalue weighted by molar-refractivity contribution is 0.230. The molecule has 0 aromatic heterocycles. The minimum Gasteiger partial charge on any atom is -0.331 e. The first-order chi connectivity index (χ1) is 8.95. The average molecular weight is 261 g/mol. The molecule has 104 valence electrons. The van der Waals surface area contributed by atoms with Crippen molar-refractivity contribution in [1.29, 1.82) is 0 Å². The van der Waals surface area contributed by atoms with E-state index in [1.165, 1.54) is 16.0 Å². The van der Waals surface area contributed by atoms with Crippen molar-refractivity contribution in [3.63, 3.8) is 0 Å². The molecule has 2 rings (SSSR count). The molecule has 0 bridgehead atoms. The summed E-state index contributed by atoms with van der Waals surface area (Å²) in [6.07, 6.45) is 0. The lowest BCUT2D eigenvalue weighted by atomic mass is 10.1. The highest BCUT2D eigenvalue weighted by atomic mass is 16.2. The molecule has 0 radical (unpaired) electrons. The fourth-order valence-corrected chi connectivity index (χ4v) is 2.42. The molecule has 0 unspecified atom stereocenters. The van der Waals surface area contributed by atoms with Gasteiger partial charge in [-0.05, 0) is 29.2 Å². The highest BCUT2D eigenvalue weighted by Crippen LogP contribution is 2.26. The van der Waals surface area contributed by atoms with Crippen molar-refractivity contribution >= 4 is 11.7 Å². The highest BCUT2D eigenvalue weighted by molar-refractivity contribution is 5.89. The second-order valence-corrected chi connectivity index (χ2v) is 5.87. The van der Waals surface area contributed by atoms with Crippen LogP contribution in [-0.4, -0.2) is 36.5 Å². The summed E-state index contributed by atoms with van der Waals surface area (Å²) in [5, 5.41) is 2.90. The first-order valence-electron chi connectivity index (χ1n) is 6.78. The van der Waals surface area contributed by atoms with Crippen LogP contribution in [0.3, 0.4) is 0 Å². The Kier molecular flexibility index (Phi) is 4.10. The van der Waals surface area contributed by atoms with E-state index in [9.17, 15) is 4.79 Å². The van der Waals surface area contributed by atoms with Crippen molar-refractivity contribution < 1.29 is 4.79 Å². The molecule has 19 heavy (non-hydrogen) atoms. The maximum absolute atomic E-state index is 11.6. The zero-order chi connectivity index (χ0) is 14.0. The largest absolute Gasteiger partial charge is 0.331 e. The van der Waals surface area contributed by atoms with Crippen LogP contribution < -0.4 is 5.32 Å². The molecule has 4 nitrogen and oxygen atoms in total. The van der Waals surface area contributed by atoms with E-state index < -0.39 is 0 Å². The summed E-state index contributed by atoms with van der Waals surface area (Å²) in [5.41, 5.74) is 3.59. The van der Waals surface area contributed by atoms with E-state index in [1.807, 2.05) is 6.07 Å². The van der Waals surface area contributed by atoms with Gasteiger partial charge in [0.25, 0.3) is 0 Å². The van der Waals surface area contributed by atoms with Gasteiger partial charge < -0.3 is 10.2 Å². The van der Waals surface area contributed by atoms with Crippen LogP contribution in [-0.2, 0) is 13.1 Å². The number of fused-ring (bicyclic) bond motifs is 1. The summed E-state index contributed by atoms with van der Waals surface area (Å²) >= 11 is 0. The number of rotatable bonds is 3. The molecule has 0 aliphatic carbocycles. The third-order valence-electron chi connectivity index (χ3n) is 3.27. The number of nitrogens with zero attached hydrogens (tertiary/aromatic N) is 2. The molecule has 0 spiro atoms. The van der Waals surface area contributed by atoms with Crippen LogP contribution in [0.25, 0.3) is 0 Å². The molecule has 1 aliphatic heterocycles. The monoisotopic (exact) mass is 261 g/mol. The maximum Gasteiger partial charge on any atom is 0.321 e. The molecule has 1 heterocycles. The summed E-state index contributed by atoms with van der Waals surface area (Å²) in [4.78, 5) is 15.6. The lowest BCUT2D eigenvalue weighted by Crippen LogP contribution is -2.27. The maximum atomic E-state index is 11.6. The number of benzene rings is 1. The van der Waals surface area contributed by atoms with Crippen LogP contribution >= 0.6 is 0 Å². The number of hydrogen-bond acceptors (Lipinski definition) is 2. The molecule has 1 aromatic carbocycles. The third kappa shape index (κ3) is 3.47. The summed E-state index contributed by atoms with van der Waals surface area (Å²) < 4.78 is 0. The first-order valence-corrected chi connectivity index (χ1v) is 6.78. The third-order valence-corrected chi connectivity index (χ3v) is 3.27. The van der Waals surface area contributed by atoms with Crippen LogP contribution in [0.15, 0.2) is 18.2 Å². The SMILES string of the molecule is CC(C)CN1Cc2ccc(NC(=O)N(C)C)cc2C1. The molecule has 2 amide bonds. The predicted molar refractivity (Wildman–Crippen MR) is 78.1 cm³/mol. The van der Waals surface area contributed by atoms with Gasteiger partial charge in [0.05, 0.1) is 0 Å². The van der Waals surface area contributed by atoms with Crippen LogP contribution in [0.2, 0.25) is 0 Å². The number of carbonyl (C=O) groups excluding carboxylic acids is 1. The lowest BCUT2D eigenvalue weighted by Gasteiger charge is -2.16. The molecule has 0 atom stereocenters. The zero-order valence-corrected chi connectivity index (χ0v) is 12.2. The Morgan fingerprint density at radius 3 is 2.63 bits per heavy atom. The topological polar surface area (TPSA) is 35.6 Å². The van der Waals surface area contributed by atoms with Crippen molar-refractivity contribution in [3.8, 4) is 0 Å². The van der Waals surface area contributed by atoms with Crippen LogP contribution in [0, 0.1) is 5.92 Å². The molecule has 1 aromatic rings. The molecular formula is C15H23N3O. The van der Waals surface area contributed by atoms with Gasteiger partial charge in [0.1, 0.15) is 0 Å². The van der Waals surface area contributed by atoms with E-state index in [2.05, 4.69) is 36.2 Å². The van der Waals surface area contributed by atoms with Gasteiger partial charge in [0.15, 0.2) is 0 Å². The van der Waals surface area contributed by atoms with Crippen LogP contribution in [0.1, 0.15) is 25.0 Å². The van der Waals surface area contributed by atoms with Crippen molar-refractivity contribution in [2.75, 3.05) is 26.0 Å². The average Bonchev–Trinajstić information content (AvgIpc) is 2.69. The molecule has 0 saturated heterocycles. The van der Waals surface area contributed by atoms with Crippen molar-refractivity contribution in [2.45, 2.75) is 26.9 Å². The Morgan fingerprint density at radius 2 is 2.00 bits per heavy atom. The van der Waals surface area contributed by atoms with Gasteiger partial charge in [-0.15, -0.1) is 0 Å². The minimum atomic E-state index is -0.0861. The summed E-state index contributed by atoms with van der Waals surface area (Å²) in [7, 11) is 3.49. The minimum absolute atomic E-state index is 0.0861. The van der Waals surface area contributed by atoms with E-state index in [-0.39, 0.29) is 6.03 Å². The summed E-state index contributed by atoms with van der Waals surface area (Å²) in [6.45, 7) is 7.61. The van der Waals surface area contributed by atoms with E-state index in [0.29, 0.717) is 5.92 Å². The number of hydrogen-bond donors (Lipinski definition) is 1. The van der Waals surface area contributed by atoms with Gasteiger partial charge in [0.2, 0.25) is 0 Å². The zero-order valence-electron chi connectivity index (χ0n) is 12.2. The van der Waals surface area contributed by atoms with E-state index in [0.717, 1.165) is 25.3 Å². The van der Waals surface area contributed by atoms with Gasteiger partial charge in [0, 0.05) is 39.4 Å². The number of amides is 2.